The highest BCUT2D eigenvalue weighted by Crippen LogP contribution is 2.50. The van der Waals surface area contributed by atoms with Gasteiger partial charge in [0.15, 0.2) is 11.3 Å². The second-order valence-corrected chi connectivity index (χ2v) is 18.8. The van der Waals surface area contributed by atoms with E-state index in [0.717, 1.165) is 23.4 Å². The Labute approximate surface area is 395 Å². The fourth-order valence-electron chi connectivity index (χ4n) is 7.67. The van der Waals surface area contributed by atoms with Gasteiger partial charge in [-0.25, -0.2) is 14.2 Å². The molecule has 0 spiro atoms. The summed E-state index contributed by atoms with van der Waals surface area (Å²) >= 11 is 1.11. The van der Waals surface area contributed by atoms with Crippen LogP contribution in [0.2, 0.25) is 0 Å². The van der Waals surface area contributed by atoms with E-state index in [1.165, 1.54) is 78.4 Å². The number of hydrogen-bond acceptors (Lipinski definition) is 17. The summed E-state index contributed by atoms with van der Waals surface area (Å²) in [6.45, 7) is 1.20. The van der Waals surface area contributed by atoms with Gasteiger partial charge in [0, 0.05) is 84.3 Å². The zero-order valence-electron chi connectivity index (χ0n) is 37.0. The minimum absolute atomic E-state index is 0.000617. The Kier molecular flexibility index (Phi) is 15.8. The monoisotopic (exact) mass is 993 g/mol. The first-order valence-corrected chi connectivity index (χ1v) is 23.9. The van der Waals surface area contributed by atoms with Gasteiger partial charge in [-0.2, -0.15) is 0 Å². The second-order valence-electron chi connectivity index (χ2n) is 15.9. The smallest absolute Gasteiger partial charge is 0.474 e. The topological polar surface area (TPSA) is 320 Å². The molecule has 1 aliphatic carbocycles. The predicted octanol–water partition coefficient (Wildman–Crippen LogP) is 4.98. The van der Waals surface area contributed by atoms with Crippen molar-refractivity contribution in [3.63, 3.8) is 0 Å². The van der Waals surface area contributed by atoms with Gasteiger partial charge in [-0.15, -0.1) is 11.8 Å². The summed E-state index contributed by atoms with van der Waals surface area (Å²) in [6.07, 6.45) is 0.584. The number of hydrazine groups is 1. The number of ether oxygens (including phenoxy) is 1. The molecule has 3 aliphatic rings. The normalized spacial score (nSPS) is 16.7. The Morgan fingerprint density at radius 2 is 1.72 bits per heavy atom. The molecule has 0 saturated carbocycles. The zero-order chi connectivity index (χ0) is 49.6. The lowest BCUT2D eigenvalue weighted by Gasteiger charge is -2.20. The number of phosphoric acid groups is 1. The Balaban J connectivity index is 0.833. The molecule has 1 unspecified atom stereocenters. The number of aliphatic hydroxyl groups excluding tert-OH is 1. The number of rotatable bonds is 20. The van der Waals surface area contributed by atoms with Gasteiger partial charge in [0.2, 0.25) is 11.8 Å². The number of fused-ring (bicyclic) bond motifs is 2. The van der Waals surface area contributed by atoms with Gasteiger partial charge in [-0.1, -0.05) is 12.8 Å². The van der Waals surface area contributed by atoms with Crippen LogP contribution in [0.5, 0.6) is 17.5 Å². The molecule has 7 rings (SSSR count). The van der Waals surface area contributed by atoms with E-state index in [9.17, 15) is 58.9 Å². The number of phenols is 1. The van der Waals surface area contributed by atoms with Crippen molar-refractivity contribution in [3.05, 3.63) is 115 Å². The molecule has 1 fully saturated rings. The van der Waals surface area contributed by atoms with Crippen LogP contribution in [-0.2, 0) is 34.2 Å². The van der Waals surface area contributed by atoms with Crippen molar-refractivity contribution in [2.75, 3.05) is 26.1 Å². The summed E-state index contributed by atoms with van der Waals surface area (Å²) in [4.78, 5) is 76.9. The van der Waals surface area contributed by atoms with Gasteiger partial charge in [-0.3, -0.25) is 57.7 Å². The van der Waals surface area contributed by atoms with Gasteiger partial charge in [0.25, 0.3) is 11.5 Å². The number of aryl methyl sites for hydroxylation is 1. The Hall–Kier alpha value is -6.72. The zero-order valence-corrected chi connectivity index (χ0v) is 38.7. The van der Waals surface area contributed by atoms with Gasteiger partial charge in [0.1, 0.15) is 29.4 Å². The quantitative estimate of drug-likeness (QED) is 0.0164. The largest absolute Gasteiger partial charge is 0.508 e. The van der Waals surface area contributed by atoms with Gasteiger partial charge >= 0.3 is 19.5 Å². The van der Waals surface area contributed by atoms with E-state index in [0.29, 0.717) is 47.1 Å². The molecular weight excluding hydrogens is 946 g/mol. The van der Waals surface area contributed by atoms with Crippen molar-refractivity contribution < 1.29 is 67.2 Å². The number of H-pyrrole nitrogens is 1. The van der Waals surface area contributed by atoms with E-state index < -0.39 is 61.9 Å². The molecule has 0 radical (unpaired) electrons. The highest BCUT2D eigenvalue weighted by molar-refractivity contribution is 7.99. The third-order valence-electron chi connectivity index (χ3n) is 11.2. The van der Waals surface area contributed by atoms with E-state index in [1.54, 1.807) is 0 Å². The molecule has 0 bridgehead atoms. The van der Waals surface area contributed by atoms with Crippen LogP contribution in [0.3, 0.4) is 0 Å². The van der Waals surface area contributed by atoms with Crippen LogP contribution in [0, 0.1) is 6.92 Å². The molecule has 2 aromatic heterocycles. The number of nitrogens with one attached hydrogen (secondary N) is 3. The van der Waals surface area contributed by atoms with Crippen LogP contribution >= 0.6 is 19.6 Å². The molecule has 4 aromatic rings. The van der Waals surface area contributed by atoms with Gasteiger partial charge in [-0.05, 0) is 67.8 Å². The number of thioether (sulfide) groups is 1. The summed E-state index contributed by atoms with van der Waals surface area (Å²) < 4.78 is 42.9. The highest BCUT2D eigenvalue weighted by atomic mass is 32.2. The number of carboxylic acid groups (broad SMARTS) is 1. The third-order valence-corrected chi connectivity index (χ3v) is 13.6. The highest BCUT2D eigenvalue weighted by Gasteiger charge is 2.38. The van der Waals surface area contributed by atoms with Crippen LogP contribution in [0.1, 0.15) is 71.0 Å². The molecule has 4 atom stereocenters. The number of carboxylic acids is 1. The molecule has 2 amide bonds. The average molecular weight is 994 g/mol. The fraction of sp³-hybridized carbons (Fsp3) is 0.333. The number of hydrogen-bond donors (Lipinski definition) is 8. The van der Waals surface area contributed by atoms with Crippen LogP contribution in [-0.4, -0.2) is 95.7 Å². The summed E-state index contributed by atoms with van der Waals surface area (Å²) in [6, 6.07) is 13.6. The first-order valence-electron chi connectivity index (χ1n) is 21.5. The number of unbranched alkanes of at least 4 members (excludes halogenated alkanes) is 3. The molecule has 2 aromatic carbocycles. The van der Waals surface area contributed by atoms with Crippen LogP contribution in [0.15, 0.2) is 90.6 Å². The number of aromatic carboxylic acids is 1. The number of aliphatic hydroxyl groups is 1. The summed E-state index contributed by atoms with van der Waals surface area (Å²) in [7, 11) is -3.01. The van der Waals surface area contributed by atoms with Crippen molar-refractivity contribution in [3.8, 4) is 40.0 Å². The van der Waals surface area contributed by atoms with E-state index >= 15 is 0 Å². The van der Waals surface area contributed by atoms with E-state index in [4.69, 9.17) is 22.7 Å². The van der Waals surface area contributed by atoms with Crippen LogP contribution < -0.4 is 27.5 Å². The standard InChI is InChI=1S/C45H48N5O17PS/c1-24-22-50(45(61)46-41(24)56)39-20-32(53)35(67-39)23-65-68(62,63-2)64-15-16-69-36-21-38(55)49(43(36)58)14-6-4-3-5-7-37(54)47-48-42(57)25-8-11-28(44(59)60)31(17-25)40-29-12-9-26(51)18-33(29)66-34-19-27(52)10-13-30(34)40/h8-13,17-19,21-22,32,35,39,51,53,55,58H,3-7,14-16,20,23H2,1-2H3,(H,47,54)(H,48,57)(H,59,60)(H,46,56,61)/t32-,35-,39-,68?/m1/s1. The summed E-state index contributed by atoms with van der Waals surface area (Å²) in [5.74, 6) is -2.69. The number of aromatic hydroxyl groups is 3. The van der Waals surface area contributed by atoms with Gasteiger partial charge < -0.3 is 34.7 Å². The molecule has 366 valence electrons. The molecule has 69 heavy (non-hydrogen) atoms. The van der Waals surface area contributed by atoms with Crippen LogP contribution in [0.25, 0.3) is 33.4 Å². The Morgan fingerprint density at radius 1 is 0.942 bits per heavy atom. The number of carbonyl (C=O) groups excluding carboxylic acids is 2. The number of phosphoric ester groups is 1. The maximum absolute atomic E-state index is 13.2. The molecular formula is C45H48N5O17PS. The number of phenolic OH excluding ortho intramolecular Hbond substituents is 1. The molecule has 2 aliphatic heterocycles. The van der Waals surface area contributed by atoms with E-state index in [2.05, 4.69) is 15.8 Å². The van der Waals surface area contributed by atoms with E-state index in [1.807, 2.05) is 0 Å². The maximum Gasteiger partial charge on any atom is 0.474 e. The Morgan fingerprint density at radius 3 is 2.49 bits per heavy atom. The fourth-order valence-corrected chi connectivity index (χ4v) is 9.54. The molecule has 1 saturated heterocycles. The van der Waals surface area contributed by atoms with Gasteiger partial charge in [0.05, 0.1) is 29.8 Å². The third kappa shape index (κ3) is 11.8. The first-order chi connectivity index (χ1) is 32.9. The second kappa shape index (κ2) is 21.7. The average Bonchev–Trinajstić information content (AvgIpc) is 3.82. The van der Waals surface area contributed by atoms with Crippen LogP contribution in [0.4, 0.5) is 0 Å². The number of aromatic amines is 1. The lowest BCUT2D eigenvalue weighted by atomic mass is 9.89. The maximum atomic E-state index is 13.2. The SMILES string of the molecule is COP(=O)(OCCSc1cc(O)n(CCCCCCC(=O)NNC(=O)c2ccc(C(=O)O)c(-c3c4ccc(=O)cc-4oc4cc(O)ccc34)c2)c1O)OC[C@H]1O[C@@H](n2cc(C)c(=O)[nH]c2=O)C[C@H]1O. The predicted molar refractivity (Wildman–Crippen MR) is 247 cm³/mol. The lowest BCUT2D eigenvalue weighted by Crippen LogP contribution is -2.41. The number of benzene rings is 3. The molecule has 22 nitrogen and oxygen atoms in total. The minimum atomic E-state index is -4.13. The van der Waals surface area contributed by atoms with Crippen molar-refractivity contribution >= 4 is 48.3 Å². The number of aromatic nitrogens is 3. The summed E-state index contributed by atoms with van der Waals surface area (Å²) in [5, 5.41) is 52.4. The number of carbonyl (C=O) groups is 3. The Bertz CT molecular complexity index is 3090. The molecule has 8 N–H and O–H groups in total. The first kappa shape index (κ1) is 50.2. The lowest BCUT2D eigenvalue weighted by molar-refractivity contribution is -0.122. The number of nitrogens with zero attached hydrogens (tertiary/aromatic N) is 2. The van der Waals surface area contributed by atoms with Crippen molar-refractivity contribution in [2.45, 2.75) is 75.3 Å². The minimum Gasteiger partial charge on any atom is -0.508 e. The number of amides is 2. The van der Waals surface area contributed by atoms with Crippen molar-refractivity contribution in [1.29, 1.82) is 0 Å². The van der Waals surface area contributed by atoms with Crippen molar-refractivity contribution in [2.24, 2.45) is 0 Å². The van der Waals surface area contributed by atoms with Crippen molar-refractivity contribution in [1.82, 2.24) is 25.0 Å². The molecule has 24 heteroatoms. The molecule has 4 heterocycles. The van der Waals surface area contributed by atoms with E-state index in [-0.39, 0.29) is 88.3 Å². The summed E-state index contributed by atoms with van der Waals surface area (Å²) in [5.41, 5.74) is 4.30.